The third-order valence-electron chi connectivity index (χ3n) is 10.1. The molecule has 0 fully saturated rings. The van der Waals surface area contributed by atoms with Crippen molar-refractivity contribution in [3.8, 4) is 0 Å². The first-order valence-electron chi connectivity index (χ1n) is 21.6. The predicted octanol–water partition coefficient (Wildman–Crippen LogP) is 15.8. The summed E-state index contributed by atoms with van der Waals surface area (Å²) in [6, 6.07) is 22.1. The normalized spacial score (nSPS) is 11.4. The van der Waals surface area contributed by atoms with E-state index in [1.54, 1.807) is 6.92 Å². The molecule has 0 unspecified atom stereocenters. The van der Waals surface area contributed by atoms with Gasteiger partial charge in [0.2, 0.25) is 0 Å². The van der Waals surface area contributed by atoms with E-state index in [1.807, 2.05) is 23.5 Å². The van der Waals surface area contributed by atoms with Gasteiger partial charge in [0.25, 0.3) is 0 Å². The van der Waals surface area contributed by atoms with Crippen LogP contribution in [-0.2, 0) is 59.2 Å². The third-order valence-corrected chi connectivity index (χ3v) is 13.2. The molecule has 1 nitrogen and oxygen atoms in total. The summed E-state index contributed by atoms with van der Waals surface area (Å²) in [4.78, 5) is 11.9. The average Bonchev–Trinajstić information content (AvgIpc) is 3.15. The molecule has 0 aliphatic heterocycles. The van der Waals surface area contributed by atoms with E-state index in [9.17, 15) is 4.79 Å². The molecule has 0 atom stereocenters. The Kier molecular flexibility index (Phi) is 24.8. The van der Waals surface area contributed by atoms with Gasteiger partial charge < -0.3 is 0 Å². The second-order valence-corrected chi connectivity index (χ2v) is 18.6. The van der Waals surface area contributed by atoms with Crippen LogP contribution in [0, 0.1) is 0 Å². The molecule has 0 aromatic heterocycles. The molecule has 0 aliphatic rings. The van der Waals surface area contributed by atoms with E-state index in [0.29, 0.717) is 0 Å². The lowest BCUT2D eigenvalue weighted by Gasteiger charge is -2.13. The monoisotopic (exact) mass is 774 g/mol. The third kappa shape index (κ3) is 20.8. The number of rotatable bonds is 30. The van der Waals surface area contributed by atoms with E-state index in [4.69, 9.17) is 0 Å². The van der Waals surface area contributed by atoms with Crippen LogP contribution in [0.2, 0.25) is 0 Å². The number of carbonyl (C=O) groups is 1. The maximum absolute atomic E-state index is 11.9. The van der Waals surface area contributed by atoms with Crippen molar-refractivity contribution in [1.29, 1.82) is 0 Å². The molecule has 0 heterocycles. The molecular weight excluding hydrogens is 701 g/mol. The van der Waals surface area contributed by atoms with Gasteiger partial charge in [-0.25, -0.2) is 0 Å². The van der Waals surface area contributed by atoms with Gasteiger partial charge in [0.1, 0.15) is 0 Å². The van der Waals surface area contributed by atoms with E-state index in [0.717, 1.165) is 28.8 Å². The van der Waals surface area contributed by atoms with E-state index in [2.05, 4.69) is 82.3 Å². The summed E-state index contributed by atoms with van der Waals surface area (Å²) in [5.74, 6) is 4.87. The summed E-state index contributed by atoms with van der Waals surface area (Å²) < 4.78 is 0. The Morgan fingerprint density at radius 2 is 0.604 bits per heavy atom. The lowest BCUT2D eigenvalue weighted by Crippen LogP contribution is -1.96. The minimum atomic E-state index is 0.195. The second-order valence-electron chi connectivity index (χ2n) is 15.5. The molecule has 3 aromatic rings. The van der Waals surface area contributed by atoms with Crippen LogP contribution >= 0.6 is 35.3 Å². The van der Waals surface area contributed by atoms with Crippen LogP contribution in [0.15, 0.2) is 54.6 Å². The Labute approximate surface area is 339 Å². The molecule has 0 saturated heterocycles. The predicted molar refractivity (Wildman–Crippen MR) is 243 cm³/mol. The van der Waals surface area contributed by atoms with Crippen molar-refractivity contribution in [1.82, 2.24) is 0 Å². The molecule has 0 spiro atoms. The first-order valence-corrected chi connectivity index (χ1v) is 24.9. The summed E-state index contributed by atoms with van der Waals surface area (Å²) in [5.41, 5.74) is 13.2. The van der Waals surface area contributed by atoms with Gasteiger partial charge >= 0.3 is 0 Å². The van der Waals surface area contributed by atoms with Crippen molar-refractivity contribution >= 4 is 40.4 Å². The van der Waals surface area contributed by atoms with Crippen molar-refractivity contribution in [3.05, 3.63) is 105 Å². The van der Waals surface area contributed by atoms with Crippen molar-refractivity contribution in [3.63, 3.8) is 0 Å². The fourth-order valence-corrected chi connectivity index (χ4v) is 9.64. The molecule has 0 N–H and O–H groups in total. The molecule has 0 aliphatic carbocycles. The summed E-state index contributed by atoms with van der Waals surface area (Å²) in [5, 5.41) is 0.195. The minimum absolute atomic E-state index is 0.195. The summed E-state index contributed by atoms with van der Waals surface area (Å²) in [6.07, 6.45) is 25.9. The Morgan fingerprint density at radius 1 is 0.358 bits per heavy atom. The summed E-state index contributed by atoms with van der Waals surface area (Å²) in [7, 11) is 0. The molecule has 294 valence electrons. The molecule has 4 heteroatoms. The van der Waals surface area contributed by atoms with Crippen LogP contribution in [0.5, 0.6) is 0 Å². The second kappa shape index (κ2) is 28.7. The molecule has 3 aromatic carbocycles. The van der Waals surface area contributed by atoms with Crippen LogP contribution in [0.1, 0.15) is 187 Å². The number of aryl methyl sites for hydroxylation is 4. The lowest BCUT2D eigenvalue weighted by molar-refractivity contribution is -0.109. The van der Waals surface area contributed by atoms with E-state index < -0.39 is 0 Å². The highest BCUT2D eigenvalue weighted by molar-refractivity contribution is 8.12. The Morgan fingerprint density at radius 3 is 0.868 bits per heavy atom. The van der Waals surface area contributed by atoms with Crippen LogP contribution < -0.4 is 0 Å². The van der Waals surface area contributed by atoms with Gasteiger partial charge in [-0.2, -0.15) is 23.5 Å². The maximum atomic E-state index is 11.9. The van der Waals surface area contributed by atoms with Crippen LogP contribution in [0.4, 0.5) is 0 Å². The van der Waals surface area contributed by atoms with Crippen molar-refractivity contribution in [2.75, 3.05) is 0 Å². The zero-order valence-corrected chi connectivity index (χ0v) is 37.0. The minimum Gasteiger partial charge on any atom is -0.288 e. The molecular formula is C49H74OS3. The number of benzene rings is 3. The highest BCUT2D eigenvalue weighted by atomic mass is 32.2. The fraction of sp³-hybridized carbons (Fsp3) is 0.612. The number of unbranched alkanes of at least 4 members (excludes halogenated alkanes) is 12. The van der Waals surface area contributed by atoms with Gasteiger partial charge in [-0.05, 0) is 101 Å². The topological polar surface area (TPSA) is 17.1 Å². The molecule has 3 rings (SSSR count). The van der Waals surface area contributed by atoms with Gasteiger partial charge in [-0.1, -0.05) is 171 Å². The van der Waals surface area contributed by atoms with Gasteiger partial charge in [0, 0.05) is 35.7 Å². The van der Waals surface area contributed by atoms with Gasteiger partial charge in [-0.3, -0.25) is 4.79 Å². The first kappa shape index (κ1) is 45.8. The van der Waals surface area contributed by atoms with Gasteiger partial charge in [0.05, 0.1) is 0 Å². The first-order chi connectivity index (χ1) is 25.9. The summed E-state index contributed by atoms with van der Waals surface area (Å²) >= 11 is 5.52. The standard InChI is InChI=1S/C49H74OS3/c1-6-10-14-18-22-41-26-42(23-19-15-11-7-2)29-45(28-41)35-51-37-47-32-48(34-49(33-47)39-53-40(5)50)38-52-36-46-30-43(24-20-16-12-8-3)27-44(31-46)25-21-17-13-9-4/h26-34H,6-25,35-39H2,1-5H3. The molecule has 0 radical (unpaired) electrons. The van der Waals surface area contributed by atoms with Gasteiger partial charge in [-0.15, -0.1) is 0 Å². The molecule has 0 saturated carbocycles. The molecule has 53 heavy (non-hydrogen) atoms. The smallest absolute Gasteiger partial charge is 0.186 e. The quantitative estimate of drug-likeness (QED) is 0.0627. The van der Waals surface area contributed by atoms with E-state index in [-0.39, 0.29) is 5.12 Å². The maximum Gasteiger partial charge on any atom is 0.186 e. The SMILES string of the molecule is CCCCCCc1cc(CCCCCC)cc(CSCc2cc(CSCc3cc(CCCCCC)cc(CCCCCC)c3)cc(CSC(C)=O)c2)c1. The highest BCUT2D eigenvalue weighted by Crippen LogP contribution is 2.28. The Bertz CT molecular complexity index is 1270. The van der Waals surface area contributed by atoms with Crippen molar-refractivity contribution in [2.24, 2.45) is 0 Å². The van der Waals surface area contributed by atoms with Crippen molar-refractivity contribution in [2.45, 2.75) is 192 Å². The Hall–Kier alpha value is -1.62. The van der Waals surface area contributed by atoms with E-state index in [1.165, 1.54) is 190 Å². The fourth-order valence-electron chi connectivity index (χ4n) is 7.29. The van der Waals surface area contributed by atoms with Crippen LogP contribution in [-0.4, -0.2) is 5.12 Å². The number of hydrogen-bond donors (Lipinski definition) is 0. The average molecular weight is 775 g/mol. The molecule has 0 bridgehead atoms. The number of carbonyl (C=O) groups excluding carboxylic acids is 1. The Balaban J connectivity index is 1.67. The largest absolute Gasteiger partial charge is 0.288 e. The van der Waals surface area contributed by atoms with Gasteiger partial charge in [0.15, 0.2) is 5.12 Å². The van der Waals surface area contributed by atoms with Crippen LogP contribution in [0.3, 0.4) is 0 Å². The summed E-state index contributed by atoms with van der Waals surface area (Å²) in [6.45, 7) is 10.9. The number of hydrogen-bond acceptors (Lipinski definition) is 4. The highest BCUT2D eigenvalue weighted by Gasteiger charge is 2.09. The molecule has 0 amide bonds. The lowest BCUT2D eigenvalue weighted by atomic mass is 9.98. The zero-order valence-electron chi connectivity index (χ0n) is 34.5. The van der Waals surface area contributed by atoms with Crippen molar-refractivity contribution < 1.29 is 4.79 Å². The van der Waals surface area contributed by atoms with Crippen LogP contribution in [0.25, 0.3) is 0 Å². The zero-order chi connectivity index (χ0) is 37.9. The number of thioether (sulfide) groups is 3. The van der Waals surface area contributed by atoms with E-state index >= 15 is 0 Å².